The number of benzene rings is 1. The average molecular weight is 310 g/mol. The van der Waals surface area contributed by atoms with Crippen LogP contribution in [-0.2, 0) is 0 Å². The van der Waals surface area contributed by atoms with Crippen LogP contribution in [0.1, 0.15) is 31.0 Å². The van der Waals surface area contributed by atoms with Gasteiger partial charge in [-0.05, 0) is 30.0 Å². The van der Waals surface area contributed by atoms with Crippen LogP contribution in [0.5, 0.6) is 0 Å². The third kappa shape index (κ3) is 2.69. The van der Waals surface area contributed by atoms with Crippen LogP contribution in [0.3, 0.4) is 0 Å². The number of aryl methyl sites for hydroxylation is 1. The zero-order chi connectivity index (χ0) is 13.3. The van der Waals surface area contributed by atoms with Crippen molar-refractivity contribution in [2.75, 3.05) is 13.1 Å². The van der Waals surface area contributed by atoms with Gasteiger partial charge >= 0.3 is 0 Å². The third-order valence-electron chi connectivity index (χ3n) is 3.24. The summed E-state index contributed by atoms with van der Waals surface area (Å²) in [7, 11) is 0. The molecule has 1 aromatic carbocycles. The summed E-state index contributed by atoms with van der Waals surface area (Å²) in [6, 6.07) is 6.78. The Morgan fingerprint density at radius 2 is 2.22 bits per heavy atom. The molecule has 0 radical (unpaired) electrons. The predicted molar refractivity (Wildman–Crippen MR) is 79.7 cm³/mol. The summed E-state index contributed by atoms with van der Waals surface area (Å²) in [5, 5.41) is 0. The molecule has 1 aromatic rings. The summed E-state index contributed by atoms with van der Waals surface area (Å²) >= 11 is 3.59. The Morgan fingerprint density at radius 3 is 2.83 bits per heavy atom. The van der Waals surface area contributed by atoms with Crippen molar-refractivity contribution in [2.45, 2.75) is 26.8 Å². The molecule has 1 aliphatic heterocycles. The van der Waals surface area contributed by atoms with E-state index < -0.39 is 0 Å². The van der Waals surface area contributed by atoms with E-state index in [1.54, 1.807) is 0 Å². The van der Waals surface area contributed by atoms with E-state index >= 15 is 0 Å². The molecule has 98 valence electrons. The van der Waals surface area contributed by atoms with Crippen molar-refractivity contribution in [1.82, 2.24) is 4.90 Å². The van der Waals surface area contributed by atoms with Gasteiger partial charge in [0.2, 0.25) is 0 Å². The van der Waals surface area contributed by atoms with E-state index in [-0.39, 0.29) is 6.04 Å². The smallest absolute Gasteiger partial charge is 0.191 e. The Labute approximate surface area is 117 Å². The molecule has 0 aromatic heterocycles. The first kappa shape index (κ1) is 13.4. The summed E-state index contributed by atoms with van der Waals surface area (Å²) in [5.41, 5.74) is 8.51. The Hall–Kier alpha value is -1.03. The topological polar surface area (TPSA) is 41.6 Å². The minimum atomic E-state index is 0.282. The number of aliphatic imine (C=N–C) groups is 1. The SMILES string of the molecule is Cc1ccc(C2CN=C(N)N2CC(C)C)cc1Br. The first-order chi connectivity index (χ1) is 8.49. The van der Waals surface area contributed by atoms with Crippen LogP contribution >= 0.6 is 15.9 Å². The summed E-state index contributed by atoms with van der Waals surface area (Å²) in [4.78, 5) is 6.60. The number of guanidine groups is 1. The summed E-state index contributed by atoms with van der Waals surface area (Å²) in [6.07, 6.45) is 0. The van der Waals surface area contributed by atoms with E-state index in [1.165, 1.54) is 11.1 Å². The van der Waals surface area contributed by atoms with Crippen molar-refractivity contribution in [3.05, 3.63) is 33.8 Å². The molecule has 0 spiro atoms. The Kier molecular flexibility index (Phi) is 3.95. The lowest BCUT2D eigenvalue weighted by atomic mass is 10.0. The Balaban J connectivity index is 2.24. The van der Waals surface area contributed by atoms with Gasteiger partial charge < -0.3 is 10.6 Å². The lowest BCUT2D eigenvalue weighted by Crippen LogP contribution is -2.38. The predicted octanol–water partition coefficient (Wildman–Crippen LogP) is 3.08. The number of hydrogen-bond donors (Lipinski definition) is 1. The van der Waals surface area contributed by atoms with E-state index in [0.29, 0.717) is 11.9 Å². The van der Waals surface area contributed by atoms with Crippen molar-refractivity contribution < 1.29 is 0 Å². The molecule has 0 aliphatic carbocycles. The number of nitrogens with zero attached hydrogens (tertiary/aromatic N) is 2. The van der Waals surface area contributed by atoms with Gasteiger partial charge in [0, 0.05) is 11.0 Å². The highest BCUT2D eigenvalue weighted by molar-refractivity contribution is 9.10. The summed E-state index contributed by atoms with van der Waals surface area (Å²) in [5.74, 6) is 1.25. The van der Waals surface area contributed by atoms with E-state index in [1.807, 2.05) is 0 Å². The lowest BCUT2D eigenvalue weighted by Gasteiger charge is -2.28. The normalized spacial score (nSPS) is 19.5. The molecule has 1 heterocycles. The highest BCUT2D eigenvalue weighted by Gasteiger charge is 2.27. The fourth-order valence-electron chi connectivity index (χ4n) is 2.24. The molecule has 0 saturated carbocycles. The number of halogens is 1. The maximum absolute atomic E-state index is 5.99. The number of nitrogens with two attached hydrogens (primary N) is 1. The van der Waals surface area contributed by atoms with Crippen LogP contribution < -0.4 is 5.73 Å². The van der Waals surface area contributed by atoms with Crippen molar-refractivity contribution >= 4 is 21.9 Å². The second-order valence-corrected chi connectivity index (χ2v) is 6.12. The third-order valence-corrected chi connectivity index (χ3v) is 4.09. The van der Waals surface area contributed by atoms with E-state index in [0.717, 1.165) is 17.6 Å². The molecule has 1 aliphatic rings. The first-order valence-corrected chi connectivity index (χ1v) is 7.11. The van der Waals surface area contributed by atoms with Gasteiger partial charge in [0.05, 0.1) is 12.6 Å². The summed E-state index contributed by atoms with van der Waals surface area (Å²) in [6.45, 7) is 8.21. The van der Waals surface area contributed by atoms with Crippen LogP contribution in [-0.4, -0.2) is 23.9 Å². The van der Waals surface area contributed by atoms with E-state index in [4.69, 9.17) is 5.73 Å². The average Bonchev–Trinajstić information content (AvgIpc) is 2.64. The van der Waals surface area contributed by atoms with E-state index in [9.17, 15) is 0 Å². The van der Waals surface area contributed by atoms with Crippen molar-refractivity contribution in [3.8, 4) is 0 Å². The van der Waals surface area contributed by atoms with Gasteiger partial charge in [0.1, 0.15) is 0 Å². The van der Waals surface area contributed by atoms with Crippen molar-refractivity contribution in [1.29, 1.82) is 0 Å². The van der Waals surface area contributed by atoms with Gasteiger partial charge in [-0.15, -0.1) is 0 Å². The van der Waals surface area contributed by atoms with Crippen LogP contribution in [0, 0.1) is 12.8 Å². The number of hydrogen-bond acceptors (Lipinski definition) is 3. The Bertz CT molecular complexity index is 468. The van der Waals surface area contributed by atoms with Crippen LogP contribution in [0.25, 0.3) is 0 Å². The lowest BCUT2D eigenvalue weighted by molar-refractivity contribution is 0.309. The van der Waals surface area contributed by atoms with Gasteiger partial charge in [-0.1, -0.05) is 41.9 Å². The molecule has 2 N–H and O–H groups in total. The van der Waals surface area contributed by atoms with Crippen LogP contribution in [0.2, 0.25) is 0 Å². The van der Waals surface area contributed by atoms with Crippen LogP contribution in [0.4, 0.5) is 0 Å². The molecule has 0 bridgehead atoms. The molecule has 0 amide bonds. The molecule has 4 heteroatoms. The second kappa shape index (κ2) is 5.31. The van der Waals surface area contributed by atoms with Gasteiger partial charge in [0.15, 0.2) is 5.96 Å². The summed E-state index contributed by atoms with van der Waals surface area (Å²) < 4.78 is 1.15. The van der Waals surface area contributed by atoms with E-state index in [2.05, 4.69) is 64.8 Å². The van der Waals surface area contributed by atoms with Crippen molar-refractivity contribution in [3.63, 3.8) is 0 Å². The molecular weight excluding hydrogens is 290 g/mol. The molecule has 0 saturated heterocycles. The van der Waals surface area contributed by atoms with Gasteiger partial charge in [-0.25, -0.2) is 0 Å². The fraction of sp³-hybridized carbons (Fsp3) is 0.500. The zero-order valence-corrected chi connectivity index (χ0v) is 12.7. The molecule has 18 heavy (non-hydrogen) atoms. The highest BCUT2D eigenvalue weighted by Crippen LogP contribution is 2.29. The molecular formula is C14H20BrN3. The molecule has 2 rings (SSSR count). The fourth-order valence-corrected chi connectivity index (χ4v) is 2.64. The Morgan fingerprint density at radius 1 is 1.50 bits per heavy atom. The first-order valence-electron chi connectivity index (χ1n) is 6.31. The minimum absolute atomic E-state index is 0.282. The second-order valence-electron chi connectivity index (χ2n) is 5.27. The van der Waals surface area contributed by atoms with Gasteiger partial charge in [-0.3, -0.25) is 4.99 Å². The minimum Gasteiger partial charge on any atom is -0.370 e. The quantitative estimate of drug-likeness (QED) is 0.932. The zero-order valence-electron chi connectivity index (χ0n) is 11.2. The molecule has 3 nitrogen and oxygen atoms in total. The van der Waals surface area contributed by atoms with Gasteiger partial charge in [0.25, 0.3) is 0 Å². The highest BCUT2D eigenvalue weighted by atomic mass is 79.9. The van der Waals surface area contributed by atoms with Crippen LogP contribution in [0.15, 0.2) is 27.7 Å². The monoisotopic (exact) mass is 309 g/mol. The van der Waals surface area contributed by atoms with Crippen molar-refractivity contribution in [2.24, 2.45) is 16.6 Å². The maximum Gasteiger partial charge on any atom is 0.191 e. The van der Waals surface area contributed by atoms with Gasteiger partial charge in [-0.2, -0.15) is 0 Å². The molecule has 1 atom stereocenters. The standard InChI is InChI=1S/C14H20BrN3/c1-9(2)8-18-13(7-17-14(18)16)11-5-4-10(3)12(15)6-11/h4-6,9,13H,7-8H2,1-3H3,(H2,16,17). The maximum atomic E-state index is 5.99. The molecule has 1 unspecified atom stereocenters. The molecule has 0 fully saturated rings. The number of rotatable bonds is 3. The largest absolute Gasteiger partial charge is 0.370 e.